The average Bonchev–Trinajstić information content (AvgIpc) is 2.39. The minimum absolute atomic E-state index is 0.0979. The number of ether oxygens (including phenoxy) is 1. The monoisotopic (exact) mass is 292 g/mol. The molecule has 2 rings (SSSR count). The average molecular weight is 293 g/mol. The summed E-state index contributed by atoms with van der Waals surface area (Å²) in [6.07, 6.45) is 0. The molecule has 1 aromatic carbocycles. The van der Waals surface area contributed by atoms with E-state index in [4.69, 9.17) is 16.3 Å². The minimum Gasteiger partial charge on any atom is -0.433 e. The van der Waals surface area contributed by atoms with Crippen LogP contribution >= 0.6 is 11.6 Å². The summed E-state index contributed by atoms with van der Waals surface area (Å²) in [6.45, 7) is 5.72. The first-order chi connectivity index (χ1) is 9.40. The summed E-state index contributed by atoms with van der Waals surface area (Å²) in [4.78, 5) is 14.4. The van der Waals surface area contributed by atoms with Gasteiger partial charge in [-0.1, -0.05) is 23.7 Å². The highest BCUT2D eigenvalue weighted by atomic mass is 35.5. The summed E-state index contributed by atoms with van der Waals surface area (Å²) in [7, 11) is 0. The van der Waals surface area contributed by atoms with Crippen molar-refractivity contribution < 1.29 is 9.66 Å². The van der Waals surface area contributed by atoms with Gasteiger partial charge in [-0.25, -0.2) is 0 Å². The number of hydrogen-bond acceptors (Lipinski definition) is 4. The fourth-order valence-corrected chi connectivity index (χ4v) is 1.94. The van der Waals surface area contributed by atoms with Crippen molar-refractivity contribution in [2.45, 2.75) is 20.8 Å². The molecular formula is C14H13ClN2O3. The molecule has 2 aromatic rings. The largest absolute Gasteiger partial charge is 0.433 e. The van der Waals surface area contributed by atoms with Gasteiger partial charge in [-0.05, 0) is 43.5 Å². The Labute approximate surface area is 121 Å². The molecule has 1 aromatic heterocycles. The lowest BCUT2D eigenvalue weighted by Crippen LogP contribution is -1.99. The highest BCUT2D eigenvalue weighted by molar-refractivity contribution is 6.29. The summed E-state index contributed by atoms with van der Waals surface area (Å²) in [5.41, 5.74) is 2.62. The molecular weight excluding hydrogens is 280 g/mol. The molecule has 0 aliphatic carbocycles. The Bertz CT molecular complexity index is 686. The molecule has 0 aliphatic rings. The SMILES string of the molecule is Cc1ccc(C)c(Oc2nc(Cl)ccc2[N+](=O)[O-])c1C. The number of pyridine rings is 1. The topological polar surface area (TPSA) is 65.3 Å². The second-order valence-corrected chi connectivity index (χ2v) is 4.86. The van der Waals surface area contributed by atoms with Gasteiger partial charge < -0.3 is 4.74 Å². The molecule has 0 aliphatic heterocycles. The summed E-state index contributed by atoms with van der Waals surface area (Å²) >= 11 is 5.78. The van der Waals surface area contributed by atoms with Crippen LogP contribution in [0.1, 0.15) is 16.7 Å². The summed E-state index contributed by atoms with van der Waals surface area (Å²) in [6, 6.07) is 6.51. The molecule has 0 bridgehead atoms. The van der Waals surface area contributed by atoms with Crippen LogP contribution in [0.25, 0.3) is 0 Å². The van der Waals surface area contributed by atoms with Crippen LogP contribution in [0.15, 0.2) is 24.3 Å². The fourth-order valence-electron chi connectivity index (χ4n) is 1.80. The molecule has 0 spiro atoms. The Kier molecular flexibility index (Phi) is 3.90. The van der Waals surface area contributed by atoms with Gasteiger partial charge >= 0.3 is 11.6 Å². The van der Waals surface area contributed by atoms with Crippen molar-refractivity contribution in [3.63, 3.8) is 0 Å². The van der Waals surface area contributed by atoms with E-state index in [1.807, 2.05) is 32.9 Å². The van der Waals surface area contributed by atoms with E-state index >= 15 is 0 Å². The van der Waals surface area contributed by atoms with Gasteiger partial charge in [0.1, 0.15) is 10.9 Å². The summed E-state index contributed by atoms with van der Waals surface area (Å²) < 4.78 is 5.66. The van der Waals surface area contributed by atoms with E-state index in [0.29, 0.717) is 5.75 Å². The van der Waals surface area contributed by atoms with Gasteiger partial charge in [-0.2, -0.15) is 4.98 Å². The third kappa shape index (κ3) is 2.72. The molecule has 1 heterocycles. The van der Waals surface area contributed by atoms with Crippen molar-refractivity contribution in [3.8, 4) is 11.6 Å². The molecule has 0 radical (unpaired) electrons. The van der Waals surface area contributed by atoms with Crippen LogP contribution in [0.2, 0.25) is 5.15 Å². The number of benzene rings is 1. The van der Waals surface area contributed by atoms with E-state index < -0.39 is 4.92 Å². The maximum Gasteiger partial charge on any atom is 0.331 e. The van der Waals surface area contributed by atoms with E-state index in [-0.39, 0.29) is 16.7 Å². The Balaban J connectivity index is 2.53. The Morgan fingerprint density at radius 2 is 1.80 bits per heavy atom. The normalized spacial score (nSPS) is 10.4. The maximum atomic E-state index is 11.0. The highest BCUT2D eigenvalue weighted by Crippen LogP contribution is 2.34. The predicted molar refractivity (Wildman–Crippen MR) is 76.6 cm³/mol. The maximum absolute atomic E-state index is 11.0. The van der Waals surface area contributed by atoms with Crippen molar-refractivity contribution in [3.05, 3.63) is 56.2 Å². The van der Waals surface area contributed by atoms with Crippen molar-refractivity contribution in [1.82, 2.24) is 4.98 Å². The number of halogens is 1. The molecule has 20 heavy (non-hydrogen) atoms. The first kappa shape index (κ1) is 14.3. The number of aryl methyl sites for hydroxylation is 2. The molecule has 0 unspecified atom stereocenters. The fraction of sp³-hybridized carbons (Fsp3) is 0.214. The highest BCUT2D eigenvalue weighted by Gasteiger charge is 2.20. The zero-order valence-corrected chi connectivity index (χ0v) is 12.1. The predicted octanol–water partition coefficient (Wildman–Crippen LogP) is 4.36. The van der Waals surface area contributed by atoms with E-state index in [1.54, 1.807) is 0 Å². The molecule has 0 N–H and O–H groups in total. The number of aromatic nitrogens is 1. The Hall–Kier alpha value is -2.14. The van der Waals surface area contributed by atoms with Crippen LogP contribution in [0, 0.1) is 30.9 Å². The van der Waals surface area contributed by atoms with Gasteiger partial charge in [0, 0.05) is 6.07 Å². The van der Waals surface area contributed by atoms with Gasteiger partial charge in [-0.3, -0.25) is 10.1 Å². The van der Waals surface area contributed by atoms with Crippen molar-refractivity contribution in [2.24, 2.45) is 0 Å². The Morgan fingerprint density at radius 3 is 2.45 bits per heavy atom. The third-order valence-corrected chi connectivity index (χ3v) is 3.29. The molecule has 0 amide bonds. The van der Waals surface area contributed by atoms with E-state index in [1.165, 1.54) is 12.1 Å². The van der Waals surface area contributed by atoms with E-state index in [0.717, 1.165) is 16.7 Å². The van der Waals surface area contributed by atoms with Gasteiger partial charge in [0.2, 0.25) is 0 Å². The molecule has 104 valence electrons. The second-order valence-electron chi connectivity index (χ2n) is 4.47. The van der Waals surface area contributed by atoms with Gasteiger partial charge in [0.25, 0.3) is 0 Å². The first-order valence-electron chi connectivity index (χ1n) is 5.95. The molecule has 5 nitrogen and oxygen atoms in total. The lowest BCUT2D eigenvalue weighted by Gasteiger charge is -2.13. The standard InChI is InChI=1S/C14H13ClN2O3/c1-8-4-5-9(2)13(10(8)3)20-14-11(17(18)19)6-7-12(15)16-14/h4-7H,1-3H3. The van der Waals surface area contributed by atoms with Gasteiger partial charge in [0.15, 0.2) is 0 Å². The number of nitro groups is 1. The number of hydrogen-bond donors (Lipinski definition) is 0. The molecule has 0 fully saturated rings. The zero-order valence-electron chi connectivity index (χ0n) is 11.3. The quantitative estimate of drug-likeness (QED) is 0.479. The zero-order chi connectivity index (χ0) is 14.9. The minimum atomic E-state index is -0.543. The molecule has 0 saturated heterocycles. The van der Waals surface area contributed by atoms with Crippen LogP contribution in [0.5, 0.6) is 11.6 Å². The lowest BCUT2D eigenvalue weighted by atomic mass is 10.1. The smallest absolute Gasteiger partial charge is 0.331 e. The van der Waals surface area contributed by atoms with Crippen LogP contribution in [0.4, 0.5) is 5.69 Å². The number of rotatable bonds is 3. The molecule has 6 heteroatoms. The first-order valence-corrected chi connectivity index (χ1v) is 6.33. The second kappa shape index (κ2) is 5.46. The lowest BCUT2D eigenvalue weighted by molar-refractivity contribution is -0.386. The summed E-state index contributed by atoms with van der Waals surface area (Å²) in [5, 5.41) is 11.1. The van der Waals surface area contributed by atoms with E-state index in [9.17, 15) is 10.1 Å². The van der Waals surface area contributed by atoms with Crippen LogP contribution in [-0.2, 0) is 0 Å². The Morgan fingerprint density at radius 1 is 1.15 bits per heavy atom. The molecule has 0 saturated carbocycles. The van der Waals surface area contributed by atoms with Crippen molar-refractivity contribution >= 4 is 17.3 Å². The van der Waals surface area contributed by atoms with Gasteiger partial charge in [0.05, 0.1) is 4.92 Å². The van der Waals surface area contributed by atoms with Crippen molar-refractivity contribution in [1.29, 1.82) is 0 Å². The van der Waals surface area contributed by atoms with Crippen LogP contribution in [-0.4, -0.2) is 9.91 Å². The van der Waals surface area contributed by atoms with Crippen LogP contribution in [0.3, 0.4) is 0 Å². The van der Waals surface area contributed by atoms with Crippen LogP contribution < -0.4 is 4.74 Å². The number of nitrogens with zero attached hydrogens (tertiary/aromatic N) is 2. The third-order valence-electron chi connectivity index (χ3n) is 3.08. The van der Waals surface area contributed by atoms with E-state index in [2.05, 4.69) is 4.98 Å². The van der Waals surface area contributed by atoms with Gasteiger partial charge in [-0.15, -0.1) is 0 Å². The molecule has 0 atom stereocenters. The summed E-state index contributed by atoms with van der Waals surface area (Å²) in [5.74, 6) is 0.474. The van der Waals surface area contributed by atoms with Crippen molar-refractivity contribution in [2.75, 3.05) is 0 Å².